The van der Waals surface area contributed by atoms with Crippen LogP contribution in [0.4, 0.5) is 4.79 Å². The second-order valence-corrected chi connectivity index (χ2v) is 4.03. The number of nitrogens with two attached hydrogens (primary N) is 2. The molecule has 0 spiro atoms. The lowest BCUT2D eigenvalue weighted by Crippen LogP contribution is -2.40. The number of carbonyl (C=O) groups is 3. The molecule has 116 valence electrons. The van der Waals surface area contributed by atoms with Gasteiger partial charge in [-0.1, -0.05) is 5.16 Å². The minimum absolute atomic E-state index is 0.0236. The highest BCUT2D eigenvalue weighted by atomic mass is 16.5. The molecule has 1 aromatic heterocycles. The Morgan fingerprint density at radius 1 is 1.38 bits per heavy atom. The summed E-state index contributed by atoms with van der Waals surface area (Å²) in [4.78, 5) is 36.7. The zero-order chi connectivity index (χ0) is 15.8. The molecule has 0 unspecified atom stereocenters. The van der Waals surface area contributed by atoms with Gasteiger partial charge in [0.15, 0.2) is 5.82 Å². The van der Waals surface area contributed by atoms with Crippen LogP contribution in [-0.2, 0) is 16.1 Å². The topological polar surface area (TPSA) is 186 Å². The lowest BCUT2D eigenvalue weighted by molar-refractivity contribution is -0.135. The van der Waals surface area contributed by atoms with Gasteiger partial charge in [-0.05, 0) is 6.42 Å². The zero-order valence-corrected chi connectivity index (χ0v) is 11.0. The third-order valence-corrected chi connectivity index (χ3v) is 2.35. The number of nitrogens with one attached hydrogen (secondary N) is 2. The average Bonchev–Trinajstić information content (AvgIpc) is 2.89. The van der Waals surface area contributed by atoms with Gasteiger partial charge in [-0.15, -0.1) is 0 Å². The van der Waals surface area contributed by atoms with E-state index >= 15 is 0 Å². The first-order chi connectivity index (χ1) is 9.92. The van der Waals surface area contributed by atoms with Crippen molar-refractivity contribution in [1.82, 2.24) is 20.8 Å². The fourth-order valence-corrected chi connectivity index (χ4v) is 1.40. The molecule has 0 saturated heterocycles. The normalized spacial score (nSPS) is 11.7. The minimum Gasteiger partial charge on any atom is -0.480 e. The molecule has 0 aliphatic carbocycles. The number of urea groups is 1. The van der Waals surface area contributed by atoms with Gasteiger partial charge in [0.05, 0.1) is 6.54 Å². The van der Waals surface area contributed by atoms with Gasteiger partial charge in [0.2, 0.25) is 11.8 Å². The van der Waals surface area contributed by atoms with Crippen molar-refractivity contribution in [2.45, 2.75) is 25.4 Å². The number of nitrogens with zero attached hydrogens (tertiary/aromatic N) is 2. The molecule has 21 heavy (non-hydrogen) atoms. The molecule has 0 aliphatic heterocycles. The number of aliphatic carboxylic acids is 1. The molecule has 7 N–H and O–H groups in total. The van der Waals surface area contributed by atoms with Crippen molar-refractivity contribution >= 4 is 17.9 Å². The third kappa shape index (κ3) is 5.86. The largest absolute Gasteiger partial charge is 0.480 e. The van der Waals surface area contributed by atoms with Crippen molar-refractivity contribution in [2.75, 3.05) is 6.54 Å². The molecule has 0 bridgehead atoms. The first-order valence-corrected chi connectivity index (χ1v) is 5.99. The van der Waals surface area contributed by atoms with E-state index < -0.39 is 30.5 Å². The number of primary amides is 1. The molecule has 0 radical (unpaired) electrons. The van der Waals surface area contributed by atoms with E-state index in [1.807, 2.05) is 0 Å². The monoisotopic (exact) mass is 300 g/mol. The van der Waals surface area contributed by atoms with E-state index in [0.29, 0.717) is 0 Å². The van der Waals surface area contributed by atoms with Crippen LogP contribution in [0.1, 0.15) is 30.6 Å². The molecule has 0 saturated carbocycles. The number of hydrogen-bond donors (Lipinski definition) is 5. The summed E-state index contributed by atoms with van der Waals surface area (Å²) in [5, 5.41) is 16.6. The Bertz CT molecular complexity index is 516. The Kier molecular flexibility index (Phi) is 6.07. The van der Waals surface area contributed by atoms with Gasteiger partial charge < -0.3 is 31.7 Å². The van der Waals surface area contributed by atoms with Crippen LogP contribution in [-0.4, -0.2) is 39.7 Å². The molecule has 1 rings (SSSR count). The molecule has 0 aliphatic rings. The number of rotatable bonds is 8. The fourth-order valence-electron chi connectivity index (χ4n) is 1.40. The Labute approximate surface area is 119 Å². The standard InChI is InChI=1S/C10H16N6O5/c11-3-7-15-9(21-16-7)5(1-2-6(12)17)14-10(20)13-4-8(18)19/h5H,1-4,11H2,(H2,12,17)(H,18,19)(H2,13,14,20)/t5-/m1/s1. The molecular formula is C10H16N6O5. The van der Waals surface area contributed by atoms with E-state index in [9.17, 15) is 14.4 Å². The van der Waals surface area contributed by atoms with Gasteiger partial charge >= 0.3 is 12.0 Å². The number of hydrogen-bond acceptors (Lipinski definition) is 7. The summed E-state index contributed by atoms with van der Waals surface area (Å²) in [6.45, 7) is -0.497. The van der Waals surface area contributed by atoms with E-state index in [4.69, 9.17) is 21.1 Å². The van der Waals surface area contributed by atoms with E-state index in [0.717, 1.165) is 0 Å². The zero-order valence-electron chi connectivity index (χ0n) is 11.0. The van der Waals surface area contributed by atoms with Crippen molar-refractivity contribution in [3.05, 3.63) is 11.7 Å². The smallest absolute Gasteiger partial charge is 0.323 e. The van der Waals surface area contributed by atoms with Crippen molar-refractivity contribution in [3.63, 3.8) is 0 Å². The number of carboxylic acid groups (broad SMARTS) is 1. The summed E-state index contributed by atoms with van der Waals surface area (Å²) in [5.74, 6) is -1.46. The van der Waals surface area contributed by atoms with Crippen LogP contribution < -0.4 is 22.1 Å². The van der Waals surface area contributed by atoms with Gasteiger partial charge in [-0.25, -0.2) is 4.79 Å². The van der Waals surface area contributed by atoms with Crippen molar-refractivity contribution < 1.29 is 24.0 Å². The number of carboxylic acids is 1. The molecule has 11 heteroatoms. The maximum Gasteiger partial charge on any atom is 0.323 e. The van der Waals surface area contributed by atoms with Crippen LogP contribution in [0.15, 0.2) is 4.52 Å². The summed E-state index contributed by atoms with van der Waals surface area (Å²) in [5.41, 5.74) is 10.4. The van der Waals surface area contributed by atoms with Crippen LogP contribution in [0.3, 0.4) is 0 Å². The van der Waals surface area contributed by atoms with E-state index in [1.165, 1.54) is 0 Å². The summed E-state index contributed by atoms with van der Waals surface area (Å²) in [6.07, 6.45) is 0.103. The lowest BCUT2D eigenvalue weighted by atomic mass is 10.1. The van der Waals surface area contributed by atoms with E-state index in [1.54, 1.807) is 0 Å². The van der Waals surface area contributed by atoms with Gasteiger partial charge in [-0.2, -0.15) is 4.98 Å². The minimum atomic E-state index is -1.19. The second-order valence-electron chi connectivity index (χ2n) is 4.03. The quantitative estimate of drug-likeness (QED) is 0.372. The van der Waals surface area contributed by atoms with Gasteiger partial charge in [-0.3, -0.25) is 9.59 Å². The predicted octanol–water partition coefficient (Wildman–Crippen LogP) is -1.78. The van der Waals surface area contributed by atoms with Crippen molar-refractivity contribution in [3.8, 4) is 0 Å². The van der Waals surface area contributed by atoms with E-state index in [-0.39, 0.29) is 31.1 Å². The summed E-state index contributed by atoms with van der Waals surface area (Å²) in [7, 11) is 0. The van der Waals surface area contributed by atoms with Crippen LogP contribution in [0.25, 0.3) is 0 Å². The average molecular weight is 300 g/mol. The molecule has 1 heterocycles. The molecule has 3 amide bonds. The van der Waals surface area contributed by atoms with Crippen LogP contribution in [0.2, 0.25) is 0 Å². The second kappa shape index (κ2) is 7.79. The molecule has 0 aromatic carbocycles. The highest BCUT2D eigenvalue weighted by molar-refractivity contribution is 5.80. The Hall–Kier alpha value is -2.69. The SMILES string of the molecule is NCc1noc([C@@H](CCC(N)=O)NC(=O)NCC(=O)O)n1. The maximum absolute atomic E-state index is 11.5. The molecular weight excluding hydrogens is 284 g/mol. The van der Waals surface area contributed by atoms with Gasteiger partial charge in [0.25, 0.3) is 0 Å². The first kappa shape index (κ1) is 16.4. The Morgan fingerprint density at radius 3 is 2.62 bits per heavy atom. The molecule has 1 aromatic rings. The summed E-state index contributed by atoms with van der Waals surface area (Å²) < 4.78 is 4.92. The third-order valence-electron chi connectivity index (χ3n) is 2.35. The first-order valence-electron chi connectivity index (χ1n) is 5.99. The number of amides is 3. The number of carbonyl (C=O) groups excluding carboxylic acids is 2. The highest BCUT2D eigenvalue weighted by Gasteiger charge is 2.21. The molecule has 1 atom stereocenters. The highest BCUT2D eigenvalue weighted by Crippen LogP contribution is 2.16. The Morgan fingerprint density at radius 2 is 2.10 bits per heavy atom. The van der Waals surface area contributed by atoms with Crippen LogP contribution in [0.5, 0.6) is 0 Å². The van der Waals surface area contributed by atoms with Gasteiger partial charge in [0.1, 0.15) is 12.6 Å². The molecule has 11 nitrogen and oxygen atoms in total. The number of aromatic nitrogens is 2. The van der Waals surface area contributed by atoms with Gasteiger partial charge in [0, 0.05) is 6.42 Å². The summed E-state index contributed by atoms with van der Waals surface area (Å²) >= 11 is 0. The maximum atomic E-state index is 11.5. The predicted molar refractivity (Wildman–Crippen MR) is 67.5 cm³/mol. The fraction of sp³-hybridized carbons (Fsp3) is 0.500. The summed E-state index contributed by atoms with van der Waals surface area (Å²) in [6, 6.07) is -1.53. The Balaban J connectivity index is 2.69. The molecule has 0 fully saturated rings. The van der Waals surface area contributed by atoms with Crippen LogP contribution >= 0.6 is 0 Å². The lowest BCUT2D eigenvalue weighted by Gasteiger charge is -2.14. The van der Waals surface area contributed by atoms with Crippen LogP contribution in [0, 0.1) is 0 Å². The van der Waals surface area contributed by atoms with Crippen molar-refractivity contribution in [2.24, 2.45) is 11.5 Å². The van der Waals surface area contributed by atoms with E-state index in [2.05, 4.69) is 20.8 Å². The van der Waals surface area contributed by atoms with Crippen molar-refractivity contribution in [1.29, 1.82) is 0 Å².